The van der Waals surface area contributed by atoms with Gasteiger partial charge in [0.05, 0.1) is 37.2 Å². The van der Waals surface area contributed by atoms with Crippen molar-refractivity contribution >= 4 is 41.2 Å². The molecule has 8 nitrogen and oxygen atoms in total. The smallest absolute Gasteiger partial charge is 0.328 e. The van der Waals surface area contributed by atoms with Gasteiger partial charge in [0.25, 0.3) is 0 Å². The van der Waals surface area contributed by atoms with Crippen molar-refractivity contribution in [3.63, 3.8) is 0 Å². The molecule has 1 aromatic rings. The van der Waals surface area contributed by atoms with Gasteiger partial charge in [-0.1, -0.05) is 18.2 Å². The van der Waals surface area contributed by atoms with E-state index in [0.29, 0.717) is 17.3 Å². The molecule has 3 fully saturated rings. The van der Waals surface area contributed by atoms with E-state index in [0.717, 1.165) is 4.90 Å². The second-order valence-electron chi connectivity index (χ2n) is 7.51. The molecule has 160 valence electrons. The minimum absolute atomic E-state index is 0.108. The minimum Gasteiger partial charge on any atom is -0.466 e. The molecule has 0 saturated carbocycles. The van der Waals surface area contributed by atoms with Gasteiger partial charge >= 0.3 is 11.9 Å². The topological polar surface area (TPSA) is 93.2 Å². The van der Waals surface area contributed by atoms with E-state index in [-0.39, 0.29) is 31.6 Å². The fraction of sp³-hybridized carbons (Fsp3) is 0.524. The molecule has 9 heteroatoms. The first-order valence-electron chi connectivity index (χ1n) is 10.1. The second-order valence-corrected chi connectivity index (χ2v) is 8.51. The Hall–Kier alpha value is -2.39. The number of imide groups is 1. The first kappa shape index (κ1) is 20.9. The standard InChI is InChI=1S/C21H24N2O6S/c1-3-28-15(24)10-21(20(27)29-4-2)17-16(14-11-30-12-22(14)21)18(25)23(19(17)26)13-8-6-5-7-9-13/h5-9,14,16-17H,3-4,10-12H2,1-2H3/t14-,16+,17-,21+/m0/s1. The molecule has 0 N–H and O–H groups in total. The summed E-state index contributed by atoms with van der Waals surface area (Å²) in [6.45, 7) is 3.63. The largest absolute Gasteiger partial charge is 0.466 e. The van der Waals surface area contributed by atoms with Gasteiger partial charge in [0.15, 0.2) is 0 Å². The molecule has 0 unspecified atom stereocenters. The van der Waals surface area contributed by atoms with Crippen LogP contribution in [0.2, 0.25) is 0 Å². The van der Waals surface area contributed by atoms with E-state index in [2.05, 4.69) is 0 Å². The van der Waals surface area contributed by atoms with Crippen LogP contribution < -0.4 is 4.90 Å². The number of anilines is 1. The number of thioether (sulfide) groups is 1. The molecule has 0 bridgehead atoms. The van der Waals surface area contributed by atoms with E-state index in [1.807, 2.05) is 4.90 Å². The van der Waals surface area contributed by atoms with Crippen LogP contribution >= 0.6 is 11.8 Å². The van der Waals surface area contributed by atoms with Crippen molar-refractivity contribution in [2.24, 2.45) is 11.8 Å². The summed E-state index contributed by atoms with van der Waals surface area (Å²) in [6, 6.07) is 8.36. The molecular formula is C21H24N2O6S. The lowest BCUT2D eigenvalue weighted by Gasteiger charge is -2.38. The lowest BCUT2D eigenvalue weighted by atomic mass is 9.77. The van der Waals surface area contributed by atoms with Crippen LogP contribution in [-0.2, 0) is 28.7 Å². The molecule has 2 amide bonds. The number of para-hydroxylation sites is 1. The molecule has 1 aromatic carbocycles. The van der Waals surface area contributed by atoms with Gasteiger partial charge in [0.2, 0.25) is 11.8 Å². The van der Waals surface area contributed by atoms with E-state index in [4.69, 9.17) is 9.47 Å². The van der Waals surface area contributed by atoms with Gasteiger partial charge in [-0.3, -0.25) is 19.3 Å². The molecule has 3 heterocycles. The van der Waals surface area contributed by atoms with E-state index >= 15 is 0 Å². The maximum Gasteiger partial charge on any atom is 0.328 e. The van der Waals surface area contributed by atoms with Gasteiger partial charge in [-0.25, -0.2) is 9.69 Å². The number of nitrogens with zero attached hydrogens (tertiary/aromatic N) is 2. The van der Waals surface area contributed by atoms with Crippen molar-refractivity contribution in [1.82, 2.24) is 4.90 Å². The number of carbonyl (C=O) groups is 4. The lowest BCUT2D eigenvalue weighted by Crippen LogP contribution is -2.59. The predicted molar refractivity (Wildman–Crippen MR) is 109 cm³/mol. The molecule has 0 radical (unpaired) electrons. The molecule has 0 spiro atoms. The van der Waals surface area contributed by atoms with E-state index in [1.165, 1.54) is 0 Å². The van der Waals surface area contributed by atoms with Crippen LogP contribution in [0.5, 0.6) is 0 Å². The number of rotatable bonds is 6. The molecule has 4 atom stereocenters. The molecule has 3 aliphatic heterocycles. The van der Waals surface area contributed by atoms with E-state index < -0.39 is 35.2 Å². The average Bonchev–Trinajstić information content (AvgIpc) is 3.36. The molecule has 0 aliphatic carbocycles. The van der Waals surface area contributed by atoms with Crippen molar-refractivity contribution in [2.75, 3.05) is 29.7 Å². The number of hydrogen-bond donors (Lipinski definition) is 0. The second kappa shape index (κ2) is 8.03. The summed E-state index contributed by atoms with van der Waals surface area (Å²) in [5, 5.41) is 0. The highest BCUT2D eigenvalue weighted by molar-refractivity contribution is 7.99. The highest BCUT2D eigenvalue weighted by Crippen LogP contribution is 2.55. The van der Waals surface area contributed by atoms with Gasteiger partial charge in [-0.2, -0.15) is 0 Å². The summed E-state index contributed by atoms with van der Waals surface area (Å²) < 4.78 is 10.5. The summed E-state index contributed by atoms with van der Waals surface area (Å²) in [5.74, 6) is -2.66. The van der Waals surface area contributed by atoms with Crippen molar-refractivity contribution in [2.45, 2.75) is 31.8 Å². The first-order valence-corrected chi connectivity index (χ1v) is 11.2. The van der Waals surface area contributed by atoms with Gasteiger partial charge in [-0.15, -0.1) is 11.8 Å². The molecule has 4 rings (SSSR count). The quantitative estimate of drug-likeness (QED) is 0.492. The number of benzene rings is 1. The highest BCUT2D eigenvalue weighted by Gasteiger charge is 2.73. The van der Waals surface area contributed by atoms with Gasteiger partial charge in [0.1, 0.15) is 5.54 Å². The van der Waals surface area contributed by atoms with Crippen LogP contribution in [0, 0.1) is 11.8 Å². The Labute approximate surface area is 178 Å². The third kappa shape index (κ3) is 2.94. The van der Waals surface area contributed by atoms with Crippen LogP contribution in [-0.4, -0.2) is 65.1 Å². The zero-order valence-electron chi connectivity index (χ0n) is 16.9. The molecule has 0 aromatic heterocycles. The zero-order chi connectivity index (χ0) is 21.5. The molecule has 30 heavy (non-hydrogen) atoms. The number of carbonyl (C=O) groups excluding carboxylic acids is 4. The summed E-state index contributed by atoms with van der Waals surface area (Å²) >= 11 is 1.58. The lowest BCUT2D eigenvalue weighted by molar-refractivity contribution is -0.167. The van der Waals surface area contributed by atoms with Crippen molar-refractivity contribution < 1.29 is 28.7 Å². The van der Waals surface area contributed by atoms with Crippen molar-refractivity contribution in [1.29, 1.82) is 0 Å². The van der Waals surface area contributed by atoms with Crippen LogP contribution in [0.4, 0.5) is 5.69 Å². The van der Waals surface area contributed by atoms with Gasteiger partial charge < -0.3 is 9.47 Å². The van der Waals surface area contributed by atoms with Crippen molar-refractivity contribution in [3.05, 3.63) is 30.3 Å². The van der Waals surface area contributed by atoms with Crippen LogP contribution in [0.1, 0.15) is 20.3 Å². The SMILES string of the molecule is CCOC(=O)C[C@]1(C(=O)OCC)[C@@H]2C(=O)N(c3ccccc3)C(=O)[C@@H]2[C@@H]2CSCN21. The maximum atomic E-state index is 13.6. The Kier molecular flexibility index (Phi) is 5.59. The number of ether oxygens (including phenoxy) is 2. The number of hydrogen-bond acceptors (Lipinski definition) is 8. The van der Waals surface area contributed by atoms with Crippen LogP contribution in [0.15, 0.2) is 30.3 Å². The van der Waals surface area contributed by atoms with E-state index in [1.54, 1.807) is 55.9 Å². The summed E-state index contributed by atoms with van der Waals surface area (Å²) in [7, 11) is 0. The summed E-state index contributed by atoms with van der Waals surface area (Å²) in [6.07, 6.45) is -0.320. The Morgan fingerprint density at radius 2 is 1.80 bits per heavy atom. The normalized spacial score (nSPS) is 30.3. The number of amides is 2. The summed E-state index contributed by atoms with van der Waals surface area (Å²) in [5.41, 5.74) is -1.08. The first-order chi connectivity index (χ1) is 14.5. The molecule has 3 aliphatic rings. The minimum atomic E-state index is -1.54. The average molecular weight is 432 g/mol. The molecular weight excluding hydrogens is 408 g/mol. The van der Waals surface area contributed by atoms with Crippen molar-refractivity contribution in [3.8, 4) is 0 Å². The Balaban J connectivity index is 1.83. The Bertz CT molecular complexity index is 878. The third-order valence-corrected chi connectivity index (χ3v) is 7.11. The highest BCUT2D eigenvalue weighted by atomic mass is 32.2. The summed E-state index contributed by atoms with van der Waals surface area (Å²) in [4.78, 5) is 55.9. The number of fused-ring (bicyclic) bond motifs is 3. The maximum absolute atomic E-state index is 13.6. The Morgan fingerprint density at radius 3 is 2.47 bits per heavy atom. The third-order valence-electron chi connectivity index (χ3n) is 6.07. The van der Waals surface area contributed by atoms with Crippen LogP contribution in [0.25, 0.3) is 0 Å². The Morgan fingerprint density at radius 1 is 1.10 bits per heavy atom. The fourth-order valence-corrected chi connectivity index (χ4v) is 6.33. The fourth-order valence-electron chi connectivity index (χ4n) is 4.97. The predicted octanol–water partition coefficient (Wildman–Crippen LogP) is 1.44. The van der Waals surface area contributed by atoms with E-state index in [9.17, 15) is 19.2 Å². The van der Waals surface area contributed by atoms with Gasteiger partial charge in [-0.05, 0) is 26.0 Å². The monoisotopic (exact) mass is 432 g/mol. The van der Waals surface area contributed by atoms with Crippen LogP contribution in [0.3, 0.4) is 0 Å². The number of esters is 2. The van der Waals surface area contributed by atoms with Gasteiger partial charge in [0, 0.05) is 17.7 Å². The zero-order valence-corrected chi connectivity index (χ0v) is 17.7. The molecule has 3 saturated heterocycles.